The topological polar surface area (TPSA) is 58.3 Å². The van der Waals surface area contributed by atoms with Crippen LogP contribution in [-0.4, -0.2) is 46.0 Å². The van der Waals surface area contributed by atoms with Gasteiger partial charge in [0.1, 0.15) is 11.6 Å². The van der Waals surface area contributed by atoms with Crippen LogP contribution in [0.3, 0.4) is 0 Å². The van der Waals surface area contributed by atoms with Crippen LogP contribution in [-0.2, 0) is 6.54 Å². The molecule has 6 heteroatoms. The summed E-state index contributed by atoms with van der Waals surface area (Å²) in [5, 5.41) is 0. The lowest BCUT2D eigenvalue weighted by molar-refractivity contribution is 0.184. The van der Waals surface area contributed by atoms with Crippen LogP contribution >= 0.6 is 0 Å². The molecule has 2 aromatic heterocycles. The van der Waals surface area contributed by atoms with Crippen LogP contribution in [0.5, 0.6) is 0 Å². The van der Waals surface area contributed by atoms with E-state index in [1.165, 1.54) is 5.56 Å². The Morgan fingerprint density at radius 2 is 1.86 bits per heavy atom. The van der Waals surface area contributed by atoms with Gasteiger partial charge in [0, 0.05) is 36.5 Å². The molecule has 0 spiro atoms. The first-order valence-electron chi connectivity index (χ1n) is 10.3. The molecule has 1 fully saturated rings. The average molecular weight is 392 g/mol. The maximum atomic E-state index is 6.05. The number of nitrogens with zero attached hydrogens (tertiary/aromatic N) is 5. The highest BCUT2D eigenvalue weighted by molar-refractivity contribution is 5.60. The van der Waals surface area contributed by atoms with Crippen molar-refractivity contribution in [3.05, 3.63) is 59.5 Å². The number of hydrogen-bond donors (Lipinski definition) is 0. The van der Waals surface area contributed by atoms with Gasteiger partial charge >= 0.3 is 0 Å². The zero-order valence-electron chi connectivity index (χ0n) is 17.7. The largest absolute Gasteiger partial charge is 0.439 e. The van der Waals surface area contributed by atoms with Gasteiger partial charge in [0.25, 0.3) is 0 Å². The molecule has 152 valence electrons. The fraction of sp³-hybridized carbons (Fsp3) is 0.435. The standard InChI is InChI=1S/C23H29N5O/c1-16-7-5-6-8-20(16)21-14-24-23(29-21)15-27(4)19-9-11-28(12-10-19)22-13-17(2)25-18(3)26-22/h5-8,13-14,19H,9-12,15H2,1-4H3. The molecule has 0 radical (unpaired) electrons. The van der Waals surface area contributed by atoms with E-state index in [4.69, 9.17) is 4.42 Å². The highest BCUT2D eigenvalue weighted by Crippen LogP contribution is 2.26. The van der Waals surface area contributed by atoms with Crippen molar-refractivity contribution in [2.75, 3.05) is 25.0 Å². The first kappa shape index (κ1) is 19.6. The zero-order valence-corrected chi connectivity index (χ0v) is 17.7. The molecule has 4 rings (SSSR count). The van der Waals surface area contributed by atoms with Crippen molar-refractivity contribution in [2.24, 2.45) is 0 Å². The second-order valence-corrected chi connectivity index (χ2v) is 7.98. The lowest BCUT2D eigenvalue weighted by Gasteiger charge is -2.37. The molecular formula is C23H29N5O. The molecule has 3 heterocycles. The average Bonchev–Trinajstić information content (AvgIpc) is 3.16. The van der Waals surface area contributed by atoms with Gasteiger partial charge in [-0.15, -0.1) is 0 Å². The van der Waals surface area contributed by atoms with Gasteiger partial charge in [0.2, 0.25) is 5.89 Å². The van der Waals surface area contributed by atoms with Crippen molar-refractivity contribution < 1.29 is 4.42 Å². The van der Waals surface area contributed by atoms with Gasteiger partial charge in [-0.1, -0.05) is 24.3 Å². The zero-order chi connectivity index (χ0) is 20.4. The molecule has 1 aliphatic rings. The summed E-state index contributed by atoms with van der Waals surface area (Å²) in [6.07, 6.45) is 4.04. The Hall–Kier alpha value is -2.73. The molecule has 29 heavy (non-hydrogen) atoms. The summed E-state index contributed by atoms with van der Waals surface area (Å²) in [6.45, 7) is 8.81. The van der Waals surface area contributed by atoms with Crippen molar-refractivity contribution in [2.45, 2.75) is 46.2 Å². The lowest BCUT2D eigenvalue weighted by Crippen LogP contribution is -2.43. The molecule has 0 aliphatic carbocycles. The number of benzene rings is 1. The molecule has 0 unspecified atom stereocenters. The fourth-order valence-electron chi connectivity index (χ4n) is 4.09. The van der Waals surface area contributed by atoms with Crippen molar-refractivity contribution in [3.63, 3.8) is 0 Å². The van der Waals surface area contributed by atoms with Crippen molar-refractivity contribution >= 4 is 5.82 Å². The van der Waals surface area contributed by atoms with Crippen molar-refractivity contribution in [1.29, 1.82) is 0 Å². The molecule has 3 aromatic rings. The first-order valence-corrected chi connectivity index (χ1v) is 10.3. The monoisotopic (exact) mass is 391 g/mol. The summed E-state index contributed by atoms with van der Waals surface area (Å²) in [6, 6.07) is 10.8. The van der Waals surface area contributed by atoms with Crippen LogP contribution in [0.25, 0.3) is 11.3 Å². The van der Waals surface area contributed by atoms with E-state index in [2.05, 4.69) is 56.9 Å². The molecular weight excluding hydrogens is 362 g/mol. The molecule has 1 aliphatic heterocycles. The number of rotatable bonds is 5. The van der Waals surface area contributed by atoms with E-state index < -0.39 is 0 Å². The quantitative estimate of drug-likeness (QED) is 0.651. The van der Waals surface area contributed by atoms with E-state index in [9.17, 15) is 0 Å². The maximum absolute atomic E-state index is 6.05. The van der Waals surface area contributed by atoms with E-state index in [1.807, 2.05) is 32.2 Å². The number of aryl methyl sites for hydroxylation is 3. The van der Waals surface area contributed by atoms with Gasteiger partial charge in [-0.25, -0.2) is 15.0 Å². The molecule has 0 saturated carbocycles. The Kier molecular flexibility index (Phi) is 5.62. The fourth-order valence-corrected chi connectivity index (χ4v) is 4.09. The van der Waals surface area contributed by atoms with E-state index in [1.54, 1.807) is 0 Å². The Labute approximate surface area is 172 Å². The Morgan fingerprint density at radius 1 is 1.10 bits per heavy atom. The van der Waals surface area contributed by atoms with Crippen LogP contribution in [0.1, 0.15) is 35.8 Å². The third-order valence-electron chi connectivity index (χ3n) is 5.71. The third kappa shape index (κ3) is 4.48. The van der Waals surface area contributed by atoms with E-state index in [0.717, 1.165) is 67.0 Å². The molecule has 1 aromatic carbocycles. The van der Waals surface area contributed by atoms with Crippen molar-refractivity contribution in [1.82, 2.24) is 19.9 Å². The second-order valence-electron chi connectivity index (χ2n) is 7.98. The van der Waals surface area contributed by atoms with Gasteiger partial charge in [0.15, 0.2) is 5.76 Å². The van der Waals surface area contributed by atoms with Gasteiger partial charge in [-0.2, -0.15) is 0 Å². The summed E-state index contributed by atoms with van der Waals surface area (Å²) in [7, 11) is 2.16. The van der Waals surface area contributed by atoms with Crippen LogP contribution < -0.4 is 4.90 Å². The summed E-state index contributed by atoms with van der Waals surface area (Å²) in [5.74, 6) is 3.50. The minimum atomic E-state index is 0.518. The Morgan fingerprint density at radius 3 is 2.59 bits per heavy atom. The SMILES string of the molecule is Cc1cc(N2CCC(N(C)Cc3ncc(-c4ccccc4C)o3)CC2)nc(C)n1. The van der Waals surface area contributed by atoms with E-state index in [-0.39, 0.29) is 0 Å². The Bertz CT molecular complexity index is 955. The van der Waals surface area contributed by atoms with Crippen molar-refractivity contribution in [3.8, 4) is 11.3 Å². The van der Waals surface area contributed by atoms with Crippen LogP contribution in [0.2, 0.25) is 0 Å². The lowest BCUT2D eigenvalue weighted by atomic mass is 10.0. The number of piperidine rings is 1. The maximum Gasteiger partial charge on any atom is 0.209 e. The highest BCUT2D eigenvalue weighted by atomic mass is 16.4. The minimum Gasteiger partial charge on any atom is -0.439 e. The molecule has 0 N–H and O–H groups in total. The predicted octanol–water partition coefficient (Wildman–Crippen LogP) is 4.16. The van der Waals surface area contributed by atoms with Crippen LogP contribution in [0.15, 0.2) is 40.9 Å². The molecule has 6 nitrogen and oxygen atoms in total. The molecule has 1 saturated heterocycles. The van der Waals surface area contributed by atoms with Crippen LogP contribution in [0.4, 0.5) is 5.82 Å². The number of oxazole rings is 1. The minimum absolute atomic E-state index is 0.518. The Balaban J connectivity index is 1.36. The smallest absolute Gasteiger partial charge is 0.209 e. The summed E-state index contributed by atoms with van der Waals surface area (Å²) in [5.41, 5.74) is 3.34. The van der Waals surface area contributed by atoms with E-state index >= 15 is 0 Å². The van der Waals surface area contributed by atoms with Gasteiger partial charge in [-0.05, 0) is 46.2 Å². The number of anilines is 1. The molecule has 0 amide bonds. The molecule has 0 bridgehead atoms. The highest BCUT2D eigenvalue weighted by Gasteiger charge is 2.24. The second kappa shape index (κ2) is 8.33. The summed E-state index contributed by atoms with van der Waals surface area (Å²) >= 11 is 0. The van der Waals surface area contributed by atoms with Gasteiger partial charge in [0.05, 0.1) is 12.7 Å². The number of aromatic nitrogens is 3. The third-order valence-corrected chi connectivity index (χ3v) is 5.71. The molecule has 0 atom stereocenters. The summed E-state index contributed by atoms with van der Waals surface area (Å²) in [4.78, 5) is 18.2. The predicted molar refractivity (Wildman–Crippen MR) is 115 cm³/mol. The van der Waals surface area contributed by atoms with Gasteiger partial charge < -0.3 is 9.32 Å². The first-order chi connectivity index (χ1) is 14.0. The van der Waals surface area contributed by atoms with Crippen LogP contribution in [0, 0.1) is 20.8 Å². The number of hydrogen-bond acceptors (Lipinski definition) is 6. The summed E-state index contributed by atoms with van der Waals surface area (Å²) < 4.78 is 6.05. The normalized spacial score (nSPS) is 15.3. The van der Waals surface area contributed by atoms with Gasteiger partial charge in [-0.3, -0.25) is 4.90 Å². The van der Waals surface area contributed by atoms with E-state index in [0.29, 0.717) is 6.04 Å².